The van der Waals surface area contributed by atoms with Crippen molar-refractivity contribution in [2.75, 3.05) is 13.1 Å². The van der Waals surface area contributed by atoms with Crippen LogP contribution in [0.4, 0.5) is 4.79 Å². The van der Waals surface area contributed by atoms with Crippen LogP contribution in [0.15, 0.2) is 11.8 Å². The third-order valence-corrected chi connectivity index (χ3v) is 2.04. The summed E-state index contributed by atoms with van der Waals surface area (Å²) in [6, 6.07) is 0. The van der Waals surface area contributed by atoms with Crippen molar-refractivity contribution in [3.05, 3.63) is 11.8 Å². The Hall–Kier alpha value is -1.52. The molecule has 0 saturated carbocycles. The van der Waals surface area contributed by atoms with Gasteiger partial charge in [0.25, 0.3) is 0 Å². The number of rotatable bonds is 0. The molecule has 1 saturated heterocycles. The molecule has 1 rings (SSSR count). The van der Waals surface area contributed by atoms with Crippen LogP contribution in [0.3, 0.4) is 0 Å². The molecule has 5 heteroatoms. The van der Waals surface area contributed by atoms with Crippen LogP contribution in [0.1, 0.15) is 12.8 Å². The Morgan fingerprint density at radius 1 is 1.38 bits per heavy atom. The number of carbonyl (C=O) groups excluding carboxylic acids is 1. The molecule has 1 fully saturated rings. The quantitative estimate of drug-likeness (QED) is 0.431. The van der Waals surface area contributed by atoms with Crippen molar-refractivity contribution in [2.45, 2.75) is 12.8 Å². The van der Waals surface area contributed by atoms with Gasteiger partial charge in [0.15, 0.2) is 5.78 Å². The topological polar surface area (TPSA) is 77.8 Å². The molecule has 13 heavy (non-hydrogen) atoms. The Bertz CT molecular complexity index is 259. The zero-order valence-corrected chi connectivity index (χ0v) is 7.06. The summed E-state index contributed by atoms with van der Waals surface area (Å²) in [5, 5.41) is 17.3. The molecule has 0 bridgehead atoms. The van der Waals surface area contributed by atoms with Crippen LogP contribution in [0.25, 0.3) is 0 Å². The van der Waals surface area contributed by atoms with E-state index >= 15 is 0 Å². The Balaban J connectivity index is 2.67. The van der Waals surface area contributed by atoms with Crippen molar-refractivity contribution in [3.63, 3.8) is 0 Å². The van der Waals surface area contributed by atoms with Crippen molar-refractivity contribution in [2.24, 2.45) is 0 Å². The third-order valence-electron chi connectivity index (χ3n) is 2.04. The predicted molar refractivity (Wildman–Crippen MR) is 44.6 cm³/mol. The second-order valence-corrected chi connectivity index (χ2v) is 2.85. The molecule has 0 aromatic carbocycles. The van der Waals surface area contributed by atoms with Gasteiger partial charge in [-0.2, -0.15) is 0 Å². The first-order chi connectivity index (χ1) is 6.15. The van der Waals surface area contributed by atoms with Crippen LogP contribution in [0.2, 0.25) is 0 Å². The van der Waals surface area contributed by atoms with Crippen LogP contribution in [-0.2, 0) is 4.79 Å². The molecule has 72 valence electrons. The standard InChI is InChI=1S/C8H11NO4/c10-5-6-1-3-9(8(12)13)4-2-7(6)11/h5,10H,1-4H2,(H,12,13). The molecule has 1 aliphatic heterocycles. The van der Waals surface area contributed by atoms with Gasteiger partial charge in [-0.3, -0.25) is 4.79 Å². The van der Waals surface area contributed by atoms with E-state index in [1.165, 1.54) is 4.90 Å². The SMILES string of the molecule is O=C1CCN(C(=O)O)CCC1=CO. The summed E-state index contributed by atoms with van der Waals surface area (Å²) in [4.78, 5) is 22.9. The summed E-state index contributed by atoms with van der Waals surface area (Å²) < 4.78 is 0. The lowest BCUT2D eigenvalue weighted by Crippen LogP contribution is -2.30. The number of Topliss-reactive ketones (excluding diaryl/α,β-unsaturated/α-hetero) is 1. The molecule has 1 aliphatic rings. The molecule has 5 nitrogen and oxygen atoms in total. The van der Waals surface area contributed by atoms with E-state index in [4.69, 9.17) is 10.2 Å². The summed E-state index contributed by atoms with van der Waals surface area (Å²) in [6.45, 7) is 0.485. The Morgan fingerprint density at radius 3 is 2.54 bits per heavy atom. The van der Waals surface area contributed by atoms with Crippen molar-refractivity contribution in [3.8, 4) is 0 Å². The maximum atomic E-state index is 11.2. The monoisotopic (exact) mass is 185 g/mol. The minimum atomic E-state index is -1.02. The summed E-state index contributed by atoms with van der Waals surface area (Å²) in [5.41, 5.74) is 0.309. The summed E-state index contributed by atoms with van der Waals surface area (Å²) in [6.07, 6.45) is 0.195. The fourth-order valence-corrected chi connectivity index (χ4v) is 1.23. The number of hydrogen-bond donors (Lipinski definition) is 2. The first-order valence-electron chi connectivity index (χ1n) is 3.99. The van der Waals surface area contributed by atoms with Crippen LogP contribution >= 0.6 is 0 Å². The fraction of sp³-hybridized carbons (Fsp3) is 0.500. The predicted octanol–water partition coefficient (Wildman–Crippen LogP) is 0.771. The van der Waals surface area contributed by atoms with E-state index in [2.05, 4.69) is 0 Å². The zero-order valence-electron chi connectivity index (χ0n) is 7.06. The van der Waals surface area contributed by atoms with Gasteiger partial charge in [0.1, 0.15) is 0 Å². The van der Waals surface area contributed by atoms with Crippen molar-refractivity contribution in [1.29, 1.82) is 0 Å². The number of aliphatic hydroxyl groups excluding tert-OH is 1. The van der Waals surface area contributed by atoms with E-state index in [-0.39, 0.29) is 25.3 Å². The van der Waals surface area contributed by atoms with E-state index in [9.17, 15) is 9.59 Å². The second-order valence-electron chi connectivity index (χ2n) is 2.85. The number of ketones is 1. The van der Waals surface area contributed by atoms with Gasteiger partial charge < -0.3 is 15.1 Å². The number of aliphatic hydroxyl groups is 1. The normalized spacial score (nSPS) is 21.7. The van der Waals surface area contributed by atoms with Crippen LogP contribution in [0.5, 0.6) is 0 Å². The zero-order chi connectivity index (χ0) is 9.84. The number of amides is 1. The maximum absolute atomic E-state index is 11.2. The molecule has 0 aliphatic carbocycles. The highest BCUT2D eigenvalue weighted by molar-refractivity contribution is 5.95. The summed E-state index contributed by atoms with van der Waals surface area (Å²) >= 11 is 0. The highest BCUT2D eigenvalue weighted by Gasteiger charge is 2.21. The van der Waals surface area contributed by atoms with Gasteiger partial charge in [0.2, 0.25) is 0 Å². The van der Waals surface area contributed by atoms with Crippen LogP contribution in [0, 0.1) is 0 Å². The molecule has 0 aromatic rings. The van der Waals surface area contributed by atoms with E-state index in [1.54, 1.807) is 0 Å². The van der Waals surface area contributed by atoms with Gasteiger partial charge in [-0.1, -0.05) is 0 Å². The Morgan fingerprint density at radius 2 is 2.00 bits per heavy atom. The number of carbonyl (C=O) groups is 2. The average Bonchev–Trinajstić information content (AvgIpc) is 2.27. The van der Waals surface area contributed by atoms with E-state index in [0.29, 0.717) is 12.0 Å². The Kier molecular flexibility index (Phi) is 2.89. The van der Waals surface area contributed by atoms with Crippen LogP contribution < -0.4 is 0 Å². The molecule has 1 amide bonds. The van der Waals surface area contributed by atoms with Gasteiger partial charge in [-0.25, -0.2) is 4.79 Å². The second kappa shape index (κ2) is 3.93. The molecular weight excluding hydrogens is 174 g/mol. The largest absolute Gasteiger partial charge is 0.515 e. The molecule has 2 N–H and O–H groups in total. The third kappa shape index (κ3) is 2.21. The fourth-order valence-electron chi connectivity index (χ4n) is 1.23. The molecule has 0 radical (unpaired) electrons. The van der Waals surface area contributed by atoms with Gasteiger partial charge in [0, 0.05) is 25.1 Å². The molecular formula is C8H11NO4. The van der Waals surface area contributed by atoms with Crippen molar-refractivity contribution in [1.82, 2.24) is 4.90 Å². The molecule has 0 unspecified atom stereocenters. The highest BCUT2D eigenvalue weighted by Crippen LogP contribution is 2.12. The smallest absolute Gasteiger partial charge is 0.407 e. The minimum Gasteiger partial charge on any atom is -0.515 e. The first-order valence-corrected chi connectivity index (χ1v) is 3.99. The lowest BCUT2D eigenvalue weighted by atomic mass is 10.1. The van der Waals surface area contributed by atoms with E-state index in [1.807, 2.05) is 0 Å². The highest BCUT2D eigenvalue weighted by atomic mass is 16.4. The number of likely N-dealkylation sites (tertiary alicyclic amines) is 1. The van der Waals surface area contributed by atoms with E-state index < -0.39 is 6.09 Å². The van der Waals surface area contributed by atoms with Crippen molar-refractivity contribution < 1.29 is 19.8 Å². The first kappa shape index (κ1) is 9.57. The summed E-state index contributed by atoms with van der Waals surface area (Å²) in [7, 11) is 0. The molecule has 0 spiro atoms. The average molecular weight is 185 g/mol. The molecule has 0 atom stereocenters. The number of carboxylic acid groups (broad SMARTS) is 1. The van der Waals surface area contributed by atoms with Crippen molar-refractivity contribution >= 4 is 11.9 Å². The lowest BCUT2D eigenvalue weighted by molar-refractivity contribution is -0.115. The summed E-state index contributed by atoms with van der Waals surface area (Å²) in [5.74, 6) is -0.175. The van der Waals surface area contributed by atoms with Gasteiger partial charge >= 0.3 is 6.09 Å². The number of nitrogens with zero attached hydrogens (tertiary/aromatic N) is 1. The van der Waals surface area contributed by atoms with Gasteiger partial charge in [-0.15, -0.1) is 0 Å². The molecule has 1 heterocycles. The number of hydrogen-bond acceptors (Lipinski definition) is 3. The minimum absolute atomic E-state index is 0.151. The lowest BCUT2D eigenvalue weighted by Gasteiger charge is -2.14. The van der Waals surface area contributed by atoms with Gasteiger partial charge in [-0.05, 0) is 6.42 Å². The van der Waals surface area contributed by atoms with E-state index in [0.717, 1.165) is 6.26 Å². The maximum Gasteiger partial charge on any atom is 0.407 e. The Labute approximate surface area is 75.3 Å². The van der Waals surface area contributed by atoms with Gasteiger partial charge in [0.05, 0.1) is 6.26 Å². The molecule has 0 aromatic heterocycles. The van der Waals surface area contributed by atoms with Crippen LogP contribution in [-0.4, -0.2) is 40.1 Å².